The number of aryl methyl sites for hydroxylation is 1. The van der Waals surface area contributed by atoms with Crippen molar-refractivity contribution in [3.05, 3.63) is 23.0 Å². The molecule has 0 aliphatic heterocycles. The maximum absolute atomic E-state index is 10.5. The Morgan fingerprint density at radius 3 is 2.81 bits per heavy atom. The van der Waals surface area contributed by atoms with Crippen LogP contribution in [0.3, 0.4) is 0 Å². The largest absolute Gasteiger partial charge is 0.388 e. The van der Waals surface area contributed by atoms with E-state index in [1.165, 1.54) is 42.6 Å². The molecular weight excluding hydrogens is 258 g/mol. The molecule has 0 radical (unpaired) electrons. The highest BCUT2D eigenvalue weighted by Crippen LogP contribution is 2.42. The van der Waals surface area contributed by atoms with Gasteiger partial charge in [-0.3, -0.25) is 0 Å². The summed E-state index contributed by atoms with van der Waals surface area (Å²) in [4.78, 5) is 0. The maximum atomic E-state index is 10.5. The van der Waals surface area contributed by atoms with Gasteiger partial charge < -0.3 is 9.67 Å². The van der Waals surface area contributed by atoms with Crippen LogP contribution in [-0.2, 0) is 13.0 Å². The van der Waals surface area contributed by atoms with Gasteiger partial charge in [0.1, 0.15) is 0 Å². The summed E-state index contributed by atoms with van der Waals surface area (Å²) < 4.78 is 2.53. The highest BCUT2D eigenvalue weighted by Gasteiger charge is 2.34. The van der Waals surface area contributed by atoms with Crippen LogP contribution in [0.2, 0.25) is 0 Å². The average molecular weight is 289 g/mol. The van der Waals surface area contributed by atoms with Crippen LogP contribution in [-0.4, -0.2) is 9.67 Å². The standard InChI is InChI=1S/C19H31NO/c1-13-6-5-7-15(8-13)12-20-14(2)9-16-17(20)10-19(3,4)11-18(16)21/h9,13,15,18,21H,5-8,10-12H2,1-4H3. The molecule has 2 aliphatic rings. The number of aliphatic hydroxyl groups is 1. The van der Waals surface area contributed by atoms with Crippen LogP contribution in [0.5, 0.6) is 0 Å². The summed E-state index contributed by atoms with van der Waals surface area (Å²) in [5.41, 5.74) is 4.18. The Bertz CT molecular complexity index is 514. The lowest BCUT2D eigenvalue weighted by Gasteiger charge is -2.35. The molecular formula is C19H31NO. The van der Waals surface area contributed by atoms with Crippen molar-refractivity contribution in [3.8, 4) is 0 Å². The van der Waals surface area contributed by atoms with Crippen LogP contribution in [0.25, 0.3) is 0 Å². The fourth-order valence-electron chi connectivity index (χ4n) is 4.64. The SMILES string of the molecule is Cc1cc2c(n1CC1CCCC(C)C1)CC(C)(C)CC2O. The van der Waals surface area contributed by atoms with E-state index < -0.39 is 0 Å². The second kappa shape index (κ2) is 5.46. The molecule has 2 nitrogen and oxygen atoms in total. The number of hydrogen-bond acceptors (Lipinski definition) is 1. The van der Waals surface area contributed by atoms with Crippen LogP contribution in [0.4, 0.5) is 0 Å². The number of aromatic nitrogens is 1. The van der Waals surface area contributed by atoms with E-state index in [9.17, 15) is 5.11 Å². The first-order valence-corrected chi connectivity index (χ1v) is 8.73. The van der Waals surface area contributed by atoms with Gasteiger partial charge in [-0.1, -0.05) is 33.6 Å². The molecule has 1 aromatic heterocycles. The number of fused-ring (bicyclic) bond motifs is 1. The Kier molecular flexibility index (Phi) is 3.94. The van der Waals surface area contributed by atoms with Crippen molar-refractivity contribution in [3.63, 3.8) is 0 Å². The van der Waals surface area contributed by atoms with E-state index in [0.717, 1.165) is 31.2 Å². The lowest BCUT2D eigenvalue weighted by molar-refractivity contribution is 0.0973. The molecule has 1 heterocycles. The van der Waals surface area contributed by atoms with Gasteiger partial charge in [0.15, 0.2) is 0 Å². The molecule has 0 amide bonds. The Morgan fingerprint density at radius 2 is 2.10 bits per heavy atom. The van der Waals surface area contributed by atoms with Gasteiger partial charge in [-0.2, -0.15) is 0 Å². The van der Waals surface area contributed by atoms with Gasteiger partial charge in [-0.15, -0.1) is 0 Å². The number of nitrogens with zero attached hydrogens (tertiary/aromatic N) is 1. The van der Waals surface area contributed by atoms with E-state index in [4.69, 9.17) is 0 Å². The van der Waals surface area contributed by atoms with Gasteiger partial charge in [0.2, 0.25) is 0 Å². The molecule has 0 spiro atoms. The quantitative estimate of drug-likeness (QED) is 0.843. The van der Waals surface area contributed by atoms with Gasteiger partial charge in [-0.25, -0.2) is 0 Å². The van der Waals surface area contributed by atoms with Crippen molar-refractivity contribution < 1.29 is 5.11 Å². The highest BCUT2D eigenvalue weighted by atomic mass is 16.3. The van der Waals surface area contributed by atoms with E-state index in [2.05, 4.69) is 38.3 Å². The van der Waals surface area contributed by atoms with Gasteiger partial charge in [0.25, 0.3) is 0 Å². The summed E-state index contributed by atoms with van der Waals surface area (Å²) in [5.74, 6) is 1.71. The second-order valence-corrected chi connectivity index (χ2v) is 8.50. The lowest BCUT2D eigenvalue weighted by Crippen LogP contribution is -2.28. The Morgan fingerprint density at radius 1 is 1.33 bits per heavy atom. The summed E-state index contributed by atoms with van der Waals surface area (Å²) in [5, 5.41) is 10.5. The van der Waals surface area contributed by atoms with Crippen molar-refractivity contribution in [1.82, 2.24) is 4.57 Å². The van der Waals surface area contributed by atoms with Crippen molar-refractivity contribution in [2.45, 2.75) is 78.9 Å². The summed E-state index contributed by atoms with van der Waals surface area (Å²) in [6.45, 7) is 10.3. The smallest absolute Gasteiger partial charge is 0.0812 e. The molecule has 118 valence electrons. The Labute approximate surface area is 129 Å². The minimum absolute atomic E-state index is 0.217. The van der Waals surface area contributed by atoms with Gasteiger partial charge in [0.05, 0.1) is 6.10 Å². The van der Waals surface area contributed by atoms with E-state index in [0.29, 0.717) is 0 Å². The molecule has 1 aromatic rings. The molecule has 0 saturated heterocycles. The zero-order valence-corrected chi connectivity index (χ0v) is 14.2. The molecule has 2 aliphatic carbocycles. The Balaban J connectivity index is 1.86. The minimum Gasteiger partial charge on any atom is -0.388 e. The molecule has 3 atom stereocenters. The maximum Gasteiger partial charge on any atom is 0.0812 e. The van der Waals surface area contributed by atoms with Crippen LogP contribution in [0, 0.1) is 24.2 Å². The van der Waals surface area contributed by atoms with Crippen molar-refractivity contribution in [2.75, 3.05) is 0 Å². The predicted molar refractivity (Wildman–Crippen MR) is 87.4 cm³/mol. The first-order valence-electron chi connectivity index (χ1n) is 8.73. The van der Waals surface area contributed by atoms with Gasteiger partial charge in [-0.05, 0) is 55.9 Å². The molecule has 3 unspecified atom stereocenters. The third kappa shape index (κ3) is 3.06. The summed E-state index contributed by atoms with van der Waals surface area (Å²) in [6, 6.07) is 2.24. The highest BCUT2D eigenvalue weighted by molar-refractivity contribution is 5.33. The summed E-state index contributed by atoms with van der Waals surface area (Å²) in [7, 11) is 0. The first-order chi connectivity index (χ1) is 9.85. The zero-order valence-electron chi connectivity index (χ0n) is 14.2. The first kappa shape index (κ1) is 15.1. The van der Waals surface area contributed by atoms with Crippen LogP contribution < -0.4 is 0 Å². The summed E-state index contributed by atoms with van der Waals surface area (Å²) >= 11 is 0. The third-order valence-electron chi connectivity index (χ3n) is 5.69. The minimum atomic E-state index is -0.269. The van der Waals surface area contributed by atoms with Crippen molar-refractivity contribution >= 4 is 0 Å². The molecule has 2 heteroatoms. The summed E-state index contributed by atoms with van der Waals surface area (Å²) in [6.07, 6.45) is 7.28. The zero-order chi connectivity index (χ0) is 15.2. The van der Waals surface area contributed by atoms with E-state index in [1.54, 1.807) is 0 Å². The molecule has 0 aromatic carbocycles. The normalized spacial score (nSPS) is 32.0. The van der Waals surface area contributed by atoms with Crippen molar-refractivity contribution in [2.24, 2.45) is 17.3 Å². The predicted octanol–water partition coefficient (Wildman–Crippen LogP) is 4.63. The van der Waals surface area contributed by atoms with Gasteiger partial charge in [0, 0.05) is 23.5 Å². The van der Waals surface area contributed by atoms with E-state index in [1.807, 2.05) is 0 Å². The molecule has 21 heavy (non-hydrogen) atoms. The fraction of sp³-hybridized carbons (Fsp3) is 0.789. The van der Waals surface area contributed by atoms with Crippen molar-refractivity contribution in [1.29, 1.82) is 0 Å². The molecule has 3 rings (SSSR count). The topological polar surface area (TPSA) is 25.2 Å². The average Bonchev–Trinajstić information content (AvgIpc) is 2.66. The molecule has 0 bridgehead atoms. The number of rotatable bonds is 2. The monoisotopic (exact) mass is 289 g/mol. The third-order valence-corrected chi connectivity index (χ3v) is 5.69. The molecule has 1 N–H and O–H groups in total. The van der Waals surface area contributed by atoms with Crippen LogP contribution in [0.15, 0.2) is 6.07 Å². The molecule has 1 saturated carbocycles. The fourth-order valence-corrected chi connectivity index (χ4v) is 4.64. The molecule has 1 fully saturated rings. The second-order valence-electron chi connectivity index (χ2n) is 8.50. The van der Waals surface area contributed by atoms with E-state index >= 15 is 0 Å². The number of aliphatic hydroxyl groups excluding tert-OH is 1. The Hall–Kier alpha value is -0.760. The van der Waals surface area contributed by atoms with E-state index in [-0.39, 0.29) is 11.5 Å². The number of hydrogen-bond donors (Lipinski definition) is 1. The van der Waals surface area contributed by atoms with Crippen LogP contribution >= 0.6 is 0 Å². The van der Waals surface area contributed by atoms with Gasteiger partial charge >= 0.3 is 0 Å². The van der Waals surface area contributed by atoms with Crippen LogP contribution in [0.1, 0.15) is 75.9 Å². The lowest BCUT2D eigenvalue weighted by atomic mass is 9.75.